The Morgan fingerprint density at radius 2 is 1.45 bits per heavy atom. The average molecular weight is 303 g/mol. The van der Waals surface area contributed by atoms with E-state index in [-0.39, 0.29) is 11.9 Å². The van der Waals surface area contributed by atoms with Crippen LogP contribution in [-0.4, -0.2) is 5.91 Å². The first-order valence-electron chi connectivity index (χ1n) is 9.08. The van der Waals surface area contributed by atoms with Crippen molar-refractivity contribution in [3.8, 4) is 0 Å². The van der Waals surface area contributed by atoms with Crippen LogP contribution in [0.15, 0.2) is 30.3 Å². The van der Waals surface area contributed by atoms with Crippen LogP contribution in [0.3, 0.4) is 0 Å². The molecule has 0 saturated heterocycles. The quantitative estimate of drug-likeness (QED) is 0.487. The maximum absolute atomic E-state index is 11.9. The number of benzene rings is 1. The van der Waals surface area contributed by atoms with E-state index in [2.05, 4.69) is 24.4 Å². The zero-order chi connectivity index (χ0) is 16.0. The van der Waals surface area contributed by atoms with Crippen LogP contribution in [0.1, 0.15) is 89.7 Å². The van der Waals surface area contributed by atoms with Gasteiger partial charge in [0, 0.05) is 6.42 Å². The Bertz CT molecular complexity index is 388. The molecule has 1 unspecified atom stereocenters. The van der Waals surface area contributed by atoms with Gasteiger partial charge < -0.3 is 5.32 Å². The standard InChI is InChI=1S/C20H33NO/c1-3-4-5-6-7-8-9-10-14-17-20(22)21-18(2)19-15-12-11-13-16-19/h11-13,15-16,18H,3-10,14,17H2,1-2H3,(H,21,22). The van der Waals surface area contributed by atoms with Crippen molar-refractivity contribution in [2.45, 2.75) is 84.1 Å². The Kier molecular flexibility index (Phi) is 10.4. The van der Waals surface area contributed by atoms with Crippen LogP contribution in [0.2, 0.25) is 0 Å². The van der Waals surface area contributed by atoms with Gasteiger partial charge in [-0.2, -0.15) is 0 Å². The molecule has 0 aliphatic rings. The van der Waals surface area contributed by atoms with Crippen LogP contribution in [0.5, 0.6) is 0 Å². The predicted octanol–water partition coefficient (Wildman–Crippen LogP) is 5.78. The van der Waals surface area contributed by atoms with Crippen molar-refractivity contribution < 1.29 is 4.79 Å². The van der Waals surface area contributed by atoms with Gasteiger partial charge >= 0.3 is 0 Å². The second kappa shape index (κ2) is 12.3. The van der Waals surface area contributed by atoms with E-state index in [0.717, 1.165) is 6.42 Å². The minimum Gasteiger partial charge on any atom is -0.350 e. The Morgan fingerprint density at radius 3 is 2.05 bits per heavy atom. The molecule has 0 spiro atoms. The summed E-state index contributed by atoms with van der Waals surface area (Å²) in [7, 11) is 0. The highest BCUT2D eigenvalue weighted by Crippen LogP contribution is 2.13. The molecule has 2 heteroatoms. The van der Waals surface area contributed by atoms with Crippen molar-refractivity contribution in [3.63, 3.8) is 0 Å². The summed E-state index contributed by atoms with van der Waals surface area (Å²) in [5.41, 5.74) is 1.17. The molecular weight excluding hydrogens is 270 g/mol. The van der Waals surface area contributed by atoms with Gasteiger partial charge in [-0.05, 0) is 18.9 Å². The second-order valence-corrected chi connectivity index (χ2v) is 6.28. The smallest absolute Gasteiger partial charge is 0.220 e. The summed E-state index contributed by atoms with van der Waals surface area (Å²) in [5.74, 6) is 0.180. The largest absolute Gasteiger partial charge is 0.350 e. The van der Waals surface area contributed by atoms with Gasteiger partial charge in [-0.25, -0.2) is 0 Å². The lowest BCUT2D eigenvalue weighted by molar-refractivity contribution is -0.121. The second-order valence-electron chi connectivity index (χ2n) is 6.28. The maximum Gasteiger partial charge on any atom is 0.220 e. The van der Waals surface area contributed by atoms with E-state index >= 15 is 0 Å². The lowest BCUT2D eigenvalue weighted by Gasteiger charge is -2.14. The van der Waals surface area contributed by atoms with Crippen molar-refractivity contribution in [2.75, 3.05) is 0 Å². The van der Waals surface area contributed by atoms with Crippen molar-refractivity contribution in [1.29, 1.82) is 0 Å². The molecular formula is C20H33NO. The predicted molar refractivity (Wildman–Crippen MR) is 94.8 cm³/mol. The Hall–Kier alpha value is -1.31. The topological polar surface area (TPSA) is 29.1 Å². The molecule has 1 rings (SSSR count). The molecule has 124 valence electrons. The summed E-state index contributed by atoms with van der Waals surface area (Å²) >= 11 is 0. The molecule has 22 heavy (non-hydrogen) atoms. The van der Waals surface area contributed by atoms with Gasteiger partial charge in [-0.3, -0.25) is 4.79 Å². The van der Waals surface area contributed by atoms with E-state index in [0.29, 0.717) is 6.42 Å². The van der Waals surface area contributed by atoms with Crippen LogP contribution in [-0.2, 0) is 4.79 Å². The van der Waals surface area contributed by atoms with E-state index < -0.39 is 0 Å². The van der Waals surface area contributed by atoms with Crippen molar-refractivity contribution >= 4 is 5.91 Å². The van der Waals surface area contributed by atoms with Crippen molar-refractivity contribution in [3.05, 3.63) is 35.9 Å². The fraction of sp³-hybridized carbons (Fsp3) is 0.650. The van der Waals surface area contributed by atoms with Crippen molar-refractivity contribution in [2.24, 2.45) is 0 Å². The molecule has 2 nitrogen and oxygen atoms in total. The molecule has 1 N–H and O–H groups in total. The highest BCUT2D eigenvalue weighted by atomic mass is 16.1. The molecule has 0 fully saturated rings. The first kappa shape index (κ1) is 18.7. The fourth-order valence-corrected chi connectivity index (χ4v) is 2.73. The molecule has 0 heterocycles. The molecule has 1 amide bonds. The number of carbonyl (C=O) groups is 1. The molecule has 0 aromatic heterocycles. The van der Waals surface area contributed by atoms with Gasteiger partial charge in [-0.1, -0.05) is 88.6 Å². The molecule has 0 aliphatic heterocycles. The summed E-state index contributed by atoms with van der Waals surface area (Å²) in [6, 6.07) is 10.2. The van der Waals surface area contributed by atoms with Gasteiger partial charge in [0.2, 0.25) is 5.91 Å². The lowest BCUT2D eigenvalue weighted by Crippen LogP contribution is -2.26. The first-order chi connectivity index (χ1) is 10.7. The van der Waals surface area contributed by atoms with Gasteiger partial charge in [0.25, 0.3) is 0 Å². The number of amides is 1. The van der Waals surface area contributed by atoms with E-state index in [1.54, 1.807) is 0 Å². The lowest BCUT2D eigenvalue weighted by atomic mass is 10.1. The van der Waals surface area contributed by atoms with Gasteiger partial charge in [0.1, 0.15) is 0 Å². The summed E-state index contributed by atoms with van der Waals surface area (Å²) in [6.45, 7) is 4.30. The van der Waals surface area contributed by atoms with Gasteiger partial charge in [0.05, 0.1) is 6.04 Å². The fourth-order valence-electron chi connectivity index (χ4n) is 2.73. The zero-order valence-electron chi connectivity index (χ0n) is 14.4. The highest BCUT2D eigenvalue weighted by Gasteiger charge is 2.08. The summed E-state index contributed by atoms with van der Waals surface area (Å²) in [6.07, 6.45) is 12.3. The molecule has 1 aromatic carbocycles. The van der Waals surface area contributed by atoms with Crippen LogP contribution >= 0.6 is 0 Å². The highest BCUT2D eigenvalue weighted by molar-refractivity contribution is 5.76. The van der Waals surface area contributed by atoms with Crippen LogP contribution < -0.4 is 5.32 Å². The third-order valence-corrected chi connectivity index (χ3v) is 4.18. The van der Waals surface area contributed by atoms with Crippen LogP contribution in [0.4, 0.5) is 0 Å². The van der Waals surface area contributed by atoms with Crippen molar-refractivity contribution in [1.82, 2.24) is 5.32 Å². The van der Waals surface area contributed by atoms with E-state index in [9.17, 15) is 4.79 Å². The number of nitrogens with one attached hydrogen (secondary N) is 1. The van der Waals surface area contributed by atoms with Gasteiger partial charge in [0.15, 0.2) is 0 Å². The first-order valence-corrected chi connectivity index (χ1v) is 9.08. The van der Waals surface area contributed by atoms with Crippen LogP contribution in [0.25, 0.3) is 0 Å². The number of hydrogen-bond donors (Lipinski definition) is 1. The third kappa shape index (κ3) is 8.86. The van der Waals surface area contributed by atoms with E-state index in [4.69, 9.17) is 0 Å². The van der Waals surface area contributed by atoms with Crippen LogP contribution in [0, 0.1) is 0 Å². The molecule has 1 atom stereocenters. The van der Waals surface area contributed by atoms with Gasteiger partial charge in [-0.15, -0.1) is 0 Å². The summed E-state index contributed by atoms with van der Waals surface area (Å²) < 4.78 is 0. The molecule has 0 radical (unpaired) electrons. The maximum atomic E-state index is 11.9. The normalized spacial score (nSPS) is 12.1. The number of carbonyl (C=O) groups excluding carboxylic acids is 1. The molecule has 0 saturated carbocycles. The number of hydrogen-bond acceptors (Lipinski definition) is 1. The number of unbranched alkanes of at least 4 members (excludes halogenated alkanes) is 8. The molecule has 0 bridgehead atoms. The summed E-state index contributed by atoms with van der Waals surface area (Å²) in [5, 5.41) is 3.08. The minimum absolute atomic E-state index is 0.104. The third-order valence-electron chi connectivity index (χ3n) is 4.18. The number of rotatable bonds is 12. The SMILES string of the molecule is CCCCCCCCCCCC(=O)NC(C)c1ccccc1. The Balaban J connectivity index is 2.00. The Labute approximate surface area is 136 Å². The zero-order valence-corrected chi connectivity index (χ0v) is 14.4. The monoisotopic (exact) mass is 303 g/mol. The average Bonchev–Trinajstić information content (AvgIpc) is 2.54. The Morgan fingerprint density at radius 1 is 0.909 bits per heavy atom. The molecule has 1 aromatic rings. The summed E-state index contributed by atoms with van der Waals surface area (Å²) in [4.78, 5) is 11.9. The minimum atomic E-state index is 0.104. The molecule has 0 aliphatic carbocycles. The van der Waals surface area contributed by atoms with E-state index in [1.807, 2.05) is 25.1 Å². The van der Waals surface area contributed by atoms with E-state index in [1.165, 1.54) is 56.9 Å².